The van der Waals surface area contributed by atoms with Crippen molar-refractivity contribution in [2.75, 3.05) is 18.5 Å². The molecule has 2 heterocycles. The van der Waals surface area contributed by atoms with Crippen molar-refractivity contribution in [3.05, 3.63) is 22.2 Å². The van der Waals surface area contributed by atoms with Crippen LogP contribution in [0.15, 0.2) is 15.4 Å². The molecule has 0 radical (unpaired) electrons. The van der Waals surface area contributed by atoms with Gasteiger partial charge in [-0.05, 0) is 6.42 Å². The molecule has 0 aliphatic rings. The first-order chi connectivity index (χ1) is 7.75. The molecular formula is C8H12N6O2. The van der Waals surface area contributed by atoms with Gasteiger partial charge < -0.3 is 9.42 Å². The van der Waals surface area contributed by atoms with E-state index in [-0.39, 0.29) is 5.56 Å². The first-order valence-electron chi connectivity index (χ1n) is 4.87. The number of rotatable bonds is 5. The molecule has 8 heteroatoms. The average Bonchev–Trinajstić information content (AvgIpc) is 2.89. The summed E-state index contributed by atoms with van der Waals surface area (Å²) in [6, 6.07) is 1.41. The van der Waals surface area contributed by atoms with Crippen molar-refractivity contribution in [1.29, 1.82) is 0 Å². The molecule has 0 aliphatic heterocycles. The number of nitrogens with one attached hydrogen (secondary N) is 2. The number of hydrogen-bond acceptors (Lipinski definition) is 6. The fourth-order valence-corrected chi connectivity index (χ4v) is 1.33. The van der Waals surface area contributed by atoms with E-state index < -0.39 is 0 Å². The lowest BCUT2D eigenvalue weighted by atomic mass is 10.3. The number of aromatic amines is 2. The van der Waals surface area contributed by atoms with Crippen molar-refractivity contribution in [3.8, 4) is 0 Å². The third-order valence-corrected chi connectivity index (χ3v) is 2.17. The zero-order valence-electron chi connectivity index (χ0n) is 8.80. The second kappa shape index (κ2) is 4.60. The first-order valence-corrected chi connectivity index (χ1v) is 4.87. The summed E-state index contributed by atoms with van der Waals surface area (Å²) in [7, 11) is 1.85. The van der Waals surface area contributed by atoms with Crippen LogP contribution in [-0.2, 0) is 6.42 Å². The highest BCUT2D eigenvalue weighted by molar-refractivity contribution is 5.31. The van der Waals surface area contributed by atoms with Crippen LogP contribution in [0.3, 0.4) is 0 Å². The predicted octanol–water partition coefficient (Wildman–Crippen LogP) is -0.450. The van der Waals surface area contributed by atoms with Gasteiger partial charge in [0.25, 0.3) is 5.56 Å². The summed E-state index contributed by atoms with van der Waals surface area (Å²) in [4.78, 5) is 12.7. The topological polar surface area (TPSA) is 104 Å². The van der Waals surface area contributed by atoms with Crippen LogP contribution in [0.4, 0.5) is 5.88 Å². The third-order valence-electron chi connectivity index (χ3n) is 2.17. The molecule has 0 spiro atoms. The van der Waals surface area contributed by atoms with E-state index in [1.165, 1.54) is 6.07 Å². The molecule has 16 heavy (non-hydrogen) atoms. The standard InChI is InChI=1S/C8H12N6O2/c1-14(8-5-7(15)11-16-8)4-2-3-6-9-12-13-10-6/h5H,2-4H2,1H3,(H,11,15)(H,9,10,12,13). The Kier molecular flexibility index (Phi) is 2.99. The van der Waals surface area contributed by atoms with Gasteiger partial charge in [-0.1, -0.05) is 5.21 Å². The smallest absolute Gasteiger partial charge is 0.282 e. The lowest BCUT2D eigenvalue weighted by Gasteiger charge is -2.13. The van der Waals surface area contributed by atoms with Crippen molar-refractivity contribution < 1.29 is 4.52 Å². The highest BCUT2D eigenvalue weighted by Gasteiger charge is 2.06. The molecule has 0 atom stereocenters. The Balaban J connectivity index is 1.80. The monoisotopic (exact) mass is 224 g/mol. The molecule has 8 nitrogen and oxygen atoms in total. The van der Waals surface area contributed by atoms with Gasteiger partial charge in [0, 0.05) is 20.0 Å². The van der Waals surface area contributed by atoms with Crippen LogP contribution in [0.1, 0.15) is 12.2 Å². The molecule has 0 saturated carbocycles. The van der Waals surface area contributed by atoms with Crippen LogP contribution in [0, 0.1) is 0 Å². The van der Waals surface area contributed by atoms with Crippen LogP contribution in [0.25, 0.3) is 0 Å². The number of hydrogen-bond donors (Lipinski definition) is 2. The van der Waals surface area contributed by atoms with Gasteiger partial charge in [-0.2, -0.15) is 10.4 Å². The minimum atomic E-state index is -0.236. The minimum Gasteiger partial charge on any atom is -0.361 e. The van der Waals surface area contributed by atoms with Crippen LogP contribution < -0.4 is 10.5 Å². The third kappa shape index (κ3) is 2.47. The van der Waals surface area contributed by atoms with Crippen molar-refractivity contribution in [2.45, 2.75) is 12.8 Å². The van der Waals surface area contributed by atoms with Crippen LogP contribution in [0.5, 0.6) is 0 Å². The van der Waals surface area contributed by atoms with E-state index in [2.05, 4.69) is 25.8 Å². The Morgan fingerprint density at radius 2 is 2.44 bits per heavy atom. The fourth-order valence-electron chi connectivity index (χ4n) is 1.33. The number of aromatic nitrogens is 5. The first kappa shape index (κ1) is 10.4. The van der Waals surface area contributed by atoms with E-state index in [0.29, 0.717) is 11.7 Å². The summed E-state index contributed by atoms with van der Waals surface area (Å²) >= 11 is 0. The number of nitrogens with zero attached hydrogens (tertiary/aromatic N) is 4. The number of tetrazole rings is 1. The maximum atomic E-state index is 10.8. The molecule has 2 aromatic heterocycles. The van der Waals surface area contributed by atoms with Crippen molar-refractivity contribution in [3.63, 3.8) is 0 Å². The maximum Gasteiger partial charge on any atom is 0.282 e. The molecule has 0 unspecified atom stereocenters. The molecule has 0 aliphatic carbocycles. The highest BCUT2D eigenvalue weighted by Crippen LogP contribution is 2.08. The molecule has 2 rings (SSSR count). The lowest BCUT2D eigenvalue weighted by Crippen LogP contribution is -2.18. The highest BCUT2D eigenvalue weighted by atomic mass is 16.5. The van der Waals surface area contributed by atoms with E-state index >= 15 is 0 Å². The molecule has 0 saturated heterocycles. The summed E-state index contributed by atoms with van der Waals surface area (Å²) in [6.45, 7) is 0.745. The minimum absolute atomic E-state index is 0.236. The van der Waals surface area contributed by atoms with Gasteiger partial charge in [0.05, 0.1) is 6.07 Å². The second-order valence-corrected chi connectivity index (χ2v) is 3.40. The van der Waals surface area contributed by atoms with E-state index in [4.69, 9.17) is 4.52 Å². The summed E-state index contributed by atoms with van der Waals surface area (Å²) in [5.74, 6) is 1.21. The molecular weight excluding hydrogens is 212 g/mol. The molecule has 2 aromatic rings. The van der Waals surface area contributed by atoms with E-state index in [9.17, 15) is 4.79 Å². The van der Waals surface area contributed by atoms with Gasteiger partial charge in [-0.3, -0.25) is 4.79 Å². The largest absolute Gasteiger partial charge is 0.361 e. The normalized spacial score (nSPS) is 10.6. The molecule has 0 bridgehead atoms. The fraction of sp³-hybridized carbons (Fsp3) is 0.500. The summed E-state index contributed by atoms with van der Waals surface area (Å²) < 4.78 is 4.95. The van der Waals surface area contributed by atoms with Crippen LogP contribution >= 0.6 is 0 Å². The zero-order chi connectivity index (χ0) is 11.4. The molecule has 0 amide bonds. The summed E-state index contributed by atoms with van der Waals surface area (Å²) in [5.41, 5.74) is -0.236. The van der Waals surface area contributed by atoms with Gasteiger partial charge in [0.2, 0.25) is 5.88 Å². The van der Waals surface area contributed by atoms with E-state index in [1.807, 2.05) is 11.9 Å². The second-order valence-electron chi connectivity index (χ2n) is 3.40. The Hall–Kier alpha value is -2.12. The Labute approximate surface area is 90.6 Å². The molecule has 2 N–H and O–H groups in total. The summed E-state index contributed by atoms with van der Waals surface area (Å²) in [5, 5.41) is 15.8. The Morgan fingerprint density at radius 3 is 3.06 bits per heavy atom. The van der Waals surface area contributed by atoms with Gasteiger partial charge in [-0.25, -0.2) is 0 Å². The average molecular weight is 224 g/mol. The van der Waals surface area contributed by atoms with Crippen molar-refractivity contribution in [1.82, 2.24) is 25.8 Å². The van der Waals surface area contributed by atoms with Crippen LogP contribution in [-0.4, -0.2) is 39.4 Å². The Morgan fingerprint density at radius 1 is 1.56 bits per heavy atom. The quantitative estimate of drug-likeness (QED) is 0.712. The maximum absolute atomic E-state index is 10.8. The van der Waals surface area contributed by atoms with Gasteiger partial charge in [0.15, 0.2) is 5.82 Å². The van der Waals surface area contributed by atoms with E-state index in [1.54, 1.807) is 0 Å². The van der Waals surface area contributed by atoms with Crippen molar-refractivity contribution in [2.24, 2.45) is 0 Å². The Bertz CT molecular complexity index is 473. The lowest BCUT2D eigenvalue weighted by molar-refractivity contribution is 0.413. The van der Waals surface area contributed by atoms with Gasteiger partial charge in [-0.15, -0.1) is 10.2 Å². The SMILES string of the molecule is CN(CCCc1nn[nH]n1)c1cc(=O)[nH]o1. The molecule has 0 fully saturated rings. The number of anilines is 1. The van der Waals surface area contributed by atoms with E-state index in [0.717, 1.165) is 19.4 Å². The van der Waals surface area contributed by atoms with Gasteiger partial charge in [0.1, 0.15) is 0 Å². The van der Waals surface area contributed by atoms with Crippen molar-refractivity contribution >= 4 is 5.88 Å². The zero-order valence-corrected chi connectivity index (χ0v) is 8.80. The molecule has 0 aromatic carbocycles. The number of aryl methyl sites for hydroxylation is 1. The van der Waals surface area contributed by atoms with Crippen LogP contribution in [0.2, 0.25) is 0 Å². The van der Waals surface area contributed by atoms with Gasteiger partial charge >= 0.3 is 0 Å². The summed E-state index contributed by atoms with van der Waals surface area (Å²) in [6.07, 6.45) is 1.58. The molecule has 86 valence electrons. The predicted molar refractivity (Wildman–Crippen MR) is 55.1 cm³/mol. The number of H-pyrrole nitrogens is 2.